The fourth-order valence-electron chi connectivity index (χ4n) is 2.01. The lowest BCUT2D eigenvalue weighted by molar-refractivity contribution is -0.137. The molecule has 2 N–H and O–H groups in total. The second-order valence-electron chi connectivity index (χ2n) is 4.46. The van der Waals surface area contributed by atoms with Crippen molar-refractivity contribution in [1.29, 1.82) is 0 Å². The summed E-state index contributed by atoms with van der Waals surface area (Å²) in [5.41, 5.74) is 0.858. The van der Waals surface area contributed by atoms with E-state index in [-0.39, 0.29) is 24.8 Å². The Hall–Kier alpha value is -2.24. The van der Waals surface area contributed by atoms with Gasteiger partial charge in [0.25, 0.3) is 0 Å². The summed E-state index contributed by atoms with van der Waals surface area (Å²) in [6, 6.07) is 6.31. The summed E-state index contributed by atoms with van der Waals surface area (Å²) in [7, 11) is 0. The number of carbonyl (C=O) groups excluding carboxylic acids is 1. The van der Waals surface area contributed by atoms with Gasteiger partial charge in [-0.15, -0.1) is 0 Å². The summed E-state index contributed by atoms with van der Waals surface area (Å²) in [6.45, 7) is 0.577. The Balaban J connectivity index is 2.01. The lowest BCUT2D eigenvalue weighted by Crippen LogP contribution is -2.33. The van der Waals surface area contributed by atoms with Crippen LogP contribution in [0, 0.1) is 0 Å². The monoisotopic (exact) mass is 265 g/mol. The Bertz CT molecular complexity index is 470. The average molecular weight is 265 g/mol. The van der Waals surface area contributed by atoms with Gasteiger partial charge in [-0.1, -0.05) is 12.1 Å². The number of ether oxygens (including phenoxy) is 1. The second kappa shape index (κ2) is 5.60. The van der Waals surface area contributed by atoms with Crippen LogP contribution >= 0.6 is 0 Å². The van der Waals surface area contributed by atoms with Gasteiger partial charge in [0.15, 0.2) is 0 Å². The van der Waals surface area contributed by atoms with E-state index >= 15 is 0 Å². The lowest BCUT2D eigenvalue weighted by Gasteiger charge is -2.20. The van der Waals surface area contributed by atoms with E-state index in [1.165, 1.54) is 4.90 Å². The minimum Gasteiger partial charge on any atom is -0.508 e. The Labute approximate surface area is 110 Å². The SMILES string of the molecule is O=C(O)CCC1COC(=O)N1Cc1ccc(O)cc1. The number of aromatic hydroxyl groups is 1. The maximum atomic E-state index is 11.6. The third-order valence-electron chi connectivity index (χ3n) is 3.06. The van der Waals surface area contributed by atoms with Crippen molar-refractivity contribution in [2.45, 2.75) is 25.4 Å². The number of amides is 1. The first-order chi connectivity index (χ1) is 9.06. The highest BCUT2D eigenvalue weighted by atomic mass is 16.6. The lowest BCUT2D eigenvalue weighted by atomic mass is 10.1. The zero-order valence-corrected chi connectivity index (χ0v) is 10.3. The number of cyclic esters (lactones) is 1. The molecule has 19 heavy (non-hydrogen) atoms. The molecule has 0 radical (unpaired) electrons. The minimum absolute atomic E-state index is 0.00733. The quantitative estimate of drug-likeness (QED) is 0.844. The number of benzene rings is 1. The minimum atomic E-state index is -0.885. The summed E-state index contributed by atoms with van der Waals surface area (Å²) < 4.78 is 4.95. The van der Waals surface area contributed by atoms with E-state index in [4.69, 9.17) is 9.84 Å². The topological polar surface area (TPSA) is 87.1 Å². The van der Waals surface area contributed by atoms with E-state index in [0.717, 1.165) is 5.56 Å². The molecule has 1 saturated heterocycles. The van der Waals surface area contributed by atoms with Gasteiger partial charge in [0.05, 0.1) is 6.04 Å². The molecule has 1 heterocycles. The van der Waals surface area contributed by atoms with E-state index in [9.17, 15) is 14.7 Å². The van der Waals surface area contributed by atoms with E-state index in [1.807, 2.05) is 0 Å². The highest BCUT2D eigenvalue weighted by Gasteiger charge is 2.32. The summed E-state index contributed by atoms with van der Waals surface area (Å²) in [5.74, 6) is -0.723. The number of carboxylic acids is 1. The molecule has 1 aliphatic heterocycles. The fraction of sp³-hybridized carbons (Fsp3) is 0.385. The van der Waals surface area contributed by atoms with Gasteiger partial charge in [-0.2, -0.15) is 0 Å². The molecule has 1 aliphatic rings. The predicted molar refractivity (Wildman–Crippen MR) is 65.7 cm³/mol. The van der Waals surface area contributed by atoms with Crippen molar-refractivity contribution in [3.05, 3.63) is 29.8 Å². The third kappa shape index (κ3) is 3.37. The molecular weight excluding hydrogens is 250 g/mol. The van der Waals surface area contributed by atoms with Crippen LogP contribution in [0.4, 0.5) is 4.79 Å². The normalized spacial score (nSPS) is 18.4. The Morgan fingerprint density at radius 3 is 2.68 bits per heavy atom. The maximum Gasteiger partial charge on any atom is 0.410 e. The number of hydrogen-bond donors (Lipinski definition) is 2. The molecule has 102 valence electrons. The maximum absolute atomic E-state index is 11.6. The number of aliphatic carboxylic acids is 1. The standard InChI is InChI=1S/C13H15NO5/c15-11-4-1-9(2-5-11)7-14-10(3-6-12(16)17)8-19-13(14)18/h1-2,4-5,10,15H,3,6-8H2,(H,16,17). The molecule has 2 rings (SSSR count). The fourth-order valence-corrected chi connectivity index (χ4v) is 2.01. The van der Waals surface area contributed by atoms with Gasteiger partial charge in [-0.05, 0) is 24.1 Å². The molecule has 6 nitrogen and oxygen atoms in total. The molecule has 1 aromatic rings. The molecule has 6 heteroatoms. The van der Waals surface area contributed by atoms with Crippen molar-refractivity contribution in [2.75, 3.05) is 6.61 Å². The number of phenols is 1. The van der Waals surface area contributed by atoms with Crippen molar-refractivity contribution >= 4 is 12.1 Å². The molecule has 1 fully saturated rings. The van der Waals surface area contributed by atoms with E-state index in [1.54, 1.807) is 24.3 Å². The van der Waals surface area contributed by atoms with Gasteiger partial charge in [0.2, 0.25) is 0 Å². The smallest absolute Gasteiger partial charge is 0.410 e. The summed E-state index contributed by atoms with van der Waals surface area (Å²) >= 11 is 0. The van der Waals surface area contributed by atoms with E-state index in [0.29, 0.717) is 13.0 Å². The molecular formula is C13H15NO5. The van der Waals surface area contributed by atoms with Crippen LogP contribution in [0.1, 0.15) is 18.4 Å². The number of hydrogen-bond acceptors (Lipinski definition) is 4. The second-order valence-corrected chi connectivity index (χ2v) is 4.46. The van der Waals surface area contributed by atoms with Crippen LogP contribution < -0.4 is 0 Å². The molecule has 0 bridgehead atoms. The van der Waals surface area contributed by atoms with Gasteiger partial charge in [0.1, 0.15) is 12.4 Å². The molecule has 0 spiro atoms. The van der Waals surface area contributed by atoms with Crippen molar-refractivity contribution in [2.24, 2.45) is 0 Å². The third-order valence-corrected chi connectivity index (χ3v) is 3.06. The Kier molecular flexibility index (Phi) is 3.89. The number of nitrogens with zero attached hydrogens (tertiary/aromatic N) is 1. The van der Waals surface area contributed by atoms with E-state index < -0.39 is 12.1 Å². The Morgan fingerprint density at radius 2 is 2.05 bits per heavy atom. The van der Waals surface area contributed by atoms with Gasteiger partial charge < -0.3 is 14.9 Å². The van der Waals surface area contributed by atoms with Crippen molar-refractivity contribution in [3.8, 4) is 5.75 Å². The molecule has 1 atom stereocenters. The van der Waals surface area contributed by atoms with Crippen molar-refractivity contribution < 1.29 is 24.5 Å². The zero-order chi connectivity index (χ0) is 13.8. The number of rotatable bonds is 5. The van der Waals surface area contributed by atoms with Crippen LogP contribution in [0.3, 0.4) is 0 Å². The van der Waals surface area contributed by atoms with Crippen molar-refractivity contribution in [3.63, 3.8) is 0 Å². The van der Waals surface area contributed by atoms with Crippen LogP contribution in [0.15, 0.2) is 24.3 Å². The first-order valence-corrected chi connectivity index (χ1v) is 5.99. The highest BCUT2D eigenvalue weighted by Crippen LogP contribution is 2.21. The van der Waals surface area contributed by atoms with Gasteiger partial charge >= 0.3 is 12.1 Å². The number of carbonyl (C=O) groups is 2. The van der Waals surface area contributed by atoms with Gasteiger partial charge in [0, 0.05) is 13.0 Å². The molecule has 0 aromatic heterocycles. The van der Waals surface area contributed by atoms with Crippen molar-refractivity contribution in [1.82, 2.24) is 4.90 Å². The van der Waals surface area contributed by atoms with Crippen LogP contribution in [-0.2, 0) is 16.1 Å². The summed E-state index contributed by atoms with van der Waals surface area (Å²) in [6.07, 6.45) is -0.0459. The molecule has 0 saturated carbocycles. The highest BCUT2D eigenvalue weighted by molar-refractivity contribution is 5.71. The Morgan fingerprint density at radius 1 is 1.37 bits per heavy atom. The molecule has 1 amide bonds. The average Bonchev–Trinajstić information content (AvgIpc) is 2.71. The number of carboxylic acid groups (broad SMARTS) is 1. The van der Waals surface area contributed by atoms with Crippen LogP contribution in [0.5, 0.6) is 5.75 Å². The first kappa shape index (κ1) is 13.2. The van der Waals surface area contributed by atoms with Crippen LogP contribution in [-0.4, -0.2) is 39.8 Å². The zero-order valence-electron chi connectivity index (χ0n) is 10.3. The summed E-state index contributed by atoms with van der Waals surface area (Å²) in [4.78, 5) is 23.7. The predicted octanol–water partition coefficient (Wildman–Crippen LogP) is 1.58. The van der Waals surface area contributed by atoms with Crippen LogP contribution in [0.25, 0.3) is 0 Å². The molecule has 0 aliphatic carbocycles. The van der Waals surface area contributed by atoms with Crippen LogP contribution in [0.2, 0.25) is 0 Å². The number of phenolic OH excluding ortho intramolecular Hbond substituents is 1. The molecule has 1 unspecified atom stereocenters. The van der Waals surface area contributed by atoms with Gasteiger partial charge in [-0.25, -0.2) is 4.79 Å². The van der Waals surface area contributed by atoms with Gasteiger partial charge in [-0.3, -0.25) is 9.69 Å². The summed E-state index contributed by atoms with van der Waals surface area (Å²) in [5, 5.41) is 17.9. The first-order valence-electron chi connectivity index (χ1n) is 5.99. The molecule has 1 aromatic carbocycles. The largest absolute Gasteiger partial charge is 0.508 e. The van der Waals surface area contributed by atoms with E-state index in [2.05, 4.69) is 0 Å².